The van der Waals surface area contributed by atoms with Crippen LogP contribution in [0.5, 0.6) is 5.88 Å². The van der Waals surface area contributed by atoms with E-state index in [-0.39, 0.29) is 5.92 Å². The quantitative estimate of drug-likeness (QED) is 0.913. The number of aromatic nitrogens is 1. The molecule has 0 amide bonds. The summed E-state index contributed by atoms with van der Waals surface area (Å²) in [7, 11) is 1.58. The second kappa shape index (κ2) is 5.80. The molecule has 2 unspecified atom stereocenters. The van der Waals surface area contributed by atoms with E-state index in [0.717, 1.165) is 12.0 Å². The maximum absolute atomic E-state index is 10.9. The summed E-state index contributed by atoms with van der Waals surface area (Å²) in [6, 6.07) is 3.65. The summed E-state index contributed by atoms with van der Waals surface area (Å²) in [5, 5.41) is 10.9. The maximum Gasteiger partial charge on any atom is 0.212 e. The molecule has 2 atom stereocenters. The van der Waals surface area contributed by atoms with E-state index in [0.29, 0.717) is 11.8 Å². The molecule has 1 aromatic heterocycles. The highest BCUT2D eigenvalue weighted by molar-refractivity contribution is 5.37. The van der Waals surface area contributed by atoms with Gasteiger partial charge in [0.25, 0.3) is 0 Å². The minimum atomic E-state index is -0.986. The van der Waals surface area contributed by atoms with Crippen LogP contribution in [0.4, 0.5) is 0 Å². The lowest BCUT2D eigenvalue weighted by atomic mass is 9.77. The summed E-state index contributed by atoms with van der Waals surface area (Å²) in [6.45, 7) is 6.44. The molecular formula is C17H23NO2. The van der Waals surface area contributed by atoms with Gasteiger partial charge in [-0.05, 0) is 24.5 Å². The predicted molar refractivity (Wildman–Crippen MR) is 80.5 cm³/mol. The van der Waals surface area contributed by atoms with Crippen molar-refractivity contribution in [3.05, 3.63) is 47.7 Å². The van der Waals surface area contributed by atoms with E-state index in [9.17, 15) is 5.11 Å². The molecule has 0 aromatic carbocycles. The van der Waals surface area contributed by atoms with E-state index in [1.807, 2.05) is 25.1 Å². The number of pyridine rings is 1. The van der Waals surface area contributed by atoms with Gasteiger partial charge in [-0.2, -0.15) is 0 Å². The van der Waals surface area contributed by atoms with Gasteiger partial charge in [-0.25, -0.2) is 4.98 Å². The smallest absolute Gasteiger partial charge is 0.212 e. The topological polar surface area (TPSA) is 42.4 Å². The molecule has 1 aliphatic rings. The third-order valence-corrected chi connectivity index (χ3v) is 3.76. The second-order valence-corrected chi connectivity index (χ2v) is 5.88. The van der Waals surface area contributed by atoms with Crippen LogP contribution in [0, 0.1) is 11.8 Å². The van der Waals surface area contributed by atoms with Crippen molar-refractivity contribution in [2.75, 3.05) is 7.11 Å². The first-order valence-corrected chi connectivity index (χ1v) is 7.08. The number of hydrogen-bond acceptors (Lipinski definition) is 3. The Morgan fingerprint density at radius 2 is 2.15 bits per heavy atom. The first-order valence-electron chi connectivity index (χ1n) is 7.08. The minimum absolute atomic E-state index is 0.0245. The largest absolute Gasteiger partial charge is 0.481 e. The summed E-state index contributed by atoms with van der Waals surface area (Å²) in [4.78, 5) is 4.18. The Kier molecular flexibility index (Phi) is 4.29. The lowest BCUT2D eigenvalue weighted by Crippen LogP contribution is -2.32. The third kappa shape index (κ3) is 2.93. The zero-order chi connectivity index (χ0) is 14.8. The van der Waals surface area contributed by atoms with Gasteiger partial charge in [0.2, 0.25) is 5.88 Å². The Morgan fingerprint density at radius 1 is 1.40 bits per heavy atom. The normalized spacial score (nSPS) is 25.7. The predicted octanol–water partition coefficient (Wildman–Crippen LogP) is 3.46. The number of ether oxygens (including phenoxy) is 1. The van der Waals surface area contributed by atoms with E-state index in [4.69, 9.17) is 4.74 Å². The van der Waals surface area contributed by atoms with Gasteiger partial charge in [0.1, 0.15) is 5.60 Å². The molecule has 1 aromatic rings. The highest BCUT2D eigenvalue weighted by atomic mass is 16.5. The zero-order valence-electron chi connectivity index (χ0n) is 12.6. The molecule has 0 bridgehead atoms. The molecule has 1 aliphatic carbocycles. The van der Waals surface area contributed by atoms with Crippen molar-refractivity contribution in [2.45, 2.75) is 32.8 Å². The van der Waals surface area contributed by atoms with Crippen LogP contribution in [0.25, 0.3) is 0 Å². The molecule has 0 saturated carbocycles. The van der Waals surface area contributed by atoms with Crippen LogP contribution in [0.3, 0.4) is 0 Å². The minimum Gasteiger partial charge on any atom is -0.481 e. The first kappa shape index (κ1) is 14.8. The van der Waals surface area contributed by atoms with Crippen molar-refractivity contribution < 1.29 is 9.84 Å². The second-order valence-electron chi connectivity index (χ2n) is 5.88. The molecule has 1 N–H and O–H groups in total. The molecule has 20 heavy (non-hydrogen) atoms. The fraction of sp³-hybridized carbons (Fsp3) is 0.471. The molecule has 0 aliphatic heterocycles. The van der Waals surface area contributed by atoms with Crippen molar-refractivity contribution in [3.8, 4) is 5.88 Å². The van der Waals surface area contributed by atoms with Crippen molar-refractivity contribution >= 4 is 0 Å². The standard InChI is InChI=1S/C17H23NO2/c1-12(2)9-14-7-8-17(19,13(3)10-14)15-5-6-16(20-4)18-11-15/h5-8,10-13,19H,9H2,1-4H3. The lowest BCUT2D eigenvalue weighted by Gasteiger charge is -2.33. The van der Waals surface area contributed by atoms with Crippen LogP contribution in [0.15, 0.2) is 42.1 Å². The summed E-state index contributed by atoms with van der Waals surface area (Å²) >= 11 is 0. The van der Waals surface area contributed by atoms with Gasteiger partial charge in [-0.3, -0.25) is 0 Å². The summed E-state index contributed by atoms with van der Waals surface area (Å²) in [5.41, 5.74) is 1.10. The van der Waals surface area contributed by atoms with Crippen LogP contribution in [0.1, 0.15) is 32.8 Å². The molecule has 0 saturated heterocycles. The Labute approximate surface area is 121 Å². The van der Waals surface area contributed by atoms with E-state index in [1.165, 1.54) is 5.57 Å². The number of methoxy groups -OCH3 is 1. The lowest BCUT2D eigenvalue weighted by molar-refractivity contribution is 0.0491. The van der Waals surface area contributed by atoms with E-state index in [1.54, 1.807) is 19.4 Å². The maximum atomic E-state index is 10.9. The van der Waals surface area contributed by atoms with Crippen molar-refractivity contribution in [3.63, 3.8) is 0 Å². The van der Waals surface area contributed by atoms with Gasteiger partial charge in [0.05, 0.1) is 7.11 Å². The molecule has 0 spiro atoms. The highest BCUT2D eigenvalue weighted by Gasteiger charge is 2.34. The Balaban J connectivity index is 2.23. The monoisotopic (exact) mass is 273 g/mol. The zero-order valence-corrected chi connectivity index (χ0v) is 12.6. The Bertz CT molecular complexity index is 516. The van der Waals surface area contributed by atoms with Crippen LogP contribution in [-0.4, -0.2) is 17.2 Å². The van der Waals surface area contributed by atoms with Crippen molar-refractivity contribution in [1.82, 2.24) is 4.98 Å². The van der Waals surface area contributed by atoms with Gasteiger partial charge in [-0.1, -0.05) is 38.5 Å². The number of aliphatic hydroxyl groups is 1. The summed E-state index contributed by atoms with van der Waals surface area (Å²) in [5.74, 6) is 1.20. The fourth-order valence-electron chi connectivity index (χ4n) is 2.59. The SMILES string of the molecule is COc1ccc(C2(O)C=CC(CC(C)C)=CC2C)cn1. The molecule has 0 fully saturated rings. The number of rotatable bonds is 4. The first-order chi connectivity index (χ1) is 9.45. The Morgan fingerprint density at radius 3 is 2.65 bits per heavy atom. The third-order valence-electron chi connectivity index (χ3n) is 3.76. The molecule has 0 radical (unpaired) electrons. The average molecular weight is 273 g/mol. The van der Waals surface area contributed by atoms with Crippen LogP contribution < -0.4 is 4.74 Å². The van der Waals surface area contributed by atoms with Crippen LogP contribution >= 0.6 is 0 Å². The average Bonchev–Trinajstić information content (AvgIpc) is 2.42. The molecule has 2 rings (SSSR count). The van der Waals surface area contributed by atoms with E-state index in [2.05, 4.69) is 24.9 Å². The van der Waals surface area contributed by atoms with E-state index < -0.39 is 5.60 Å². The fourth-order valence-corrected chi connectivity index (χ4v) is 2.59. The summed E-state index contributed by atoms with van der Waals surface area (Å²) < 4.78 is 5.05. The number of allylic oxidation sites excluding steroid dienone is 2. The van der Waals surface area contributed by atoms with Crippen molar-refractivity contribution in [1.29, 1.82) is 0 Å². The number of hydrogen-bond donors (Lipinski definition) is 1. The molecule has 3 nitrogen and oxygen atoms in total. The molecule has 1 heterocycles. The highest BCUT2D eigenvalue weighted by Crippen LogP contribution is 2.37. The van der Waals surface area contributed by atoms with E-state index >= 15 is 0 Å². The van der Waals surface area contributed by atoms with Gasteiger partial charge in [-0.15, -0.1) is 0 Å². The molecule has 3 heteroatoms. The van der Waals surface area contributed by atoms with Crippen LogP contribution in [0.2, 0.25) is 0 Å². The summed E-state index contributed by atoms with van der Waals surface area (Å²) in [6.07, 6.45) is 8.80. The van der Waals surface area contributed by atoms with Gasteiger partial charge < -0.3 is 9.84 Å². The molecule has 108 valence electrons. The van der Waals surface area contributed by atoms with Gasteiger partial charge >= 0.3 is 0 Å². The Hall–Kier alpha value is -1.61. The van der Waals surface area contributed by atoms with Crippen molar-refractivity contribution in [2.24, 2.45) is 11.8 Å². The molecular weight excluding hydrogens is 250 g/mol. The number of nitrogens with zero attached hydrogens (tertiary/aromatic N) is 1. The van der Waals surface area contributed by atoms with Gasteiger partial charge in [0, 0.05) is 23.7 Å². The van der Waals surface area contributed by atoms with Gasteiger partial charge in [0.15, 0.2) is 0 Å². The van der Waals surface area contributed by atoms with Crippen LogP contribution in [-0.2, 0) is 5.60 Å².